The van der Waals surface area contributed by atoms with E-state index >= 15 is 0 Å². The number of fused-ring (bicyclic) bond motifs is 3. The topological polar surface area (TPSA) is 41.8 Å². The zero-order valence-corrected chi connectivity index (χ0v) is 20.6. The largest absolute Gasteiger partial charge is 0.392 e. The Balaban J connectivity index is 2.56. The van der Waals surface area contributed by atoms with E-state index in [4.69, 9.17) is 9.73 Å². The lowest BCUT2D eigenvalue weighted by atomic mass is 9.58. The van der Waals surface area contributed by atoms with Gasteiger partial charge in [0.15, 0.2) is 0 Å². The Morgan fingerprint density at radius 1 is 1.16 bits per heavy atom. The summed E-state index contributed by atoms with van der Waals surface area (Å²) >= 11 is 4.63. The van der Waals surface area contributed by atoms with Gasteiger partial charge >= 0.3 is 0 Å². The third-order valence-corrected chi connectivity index (χ3v) is 7.24. The molecule has 4 heteroatoms. The summed E-state index contributed by atoms with van der Waals surface area (Å²) in [6.07, 6.45) is 0.737. The summed E-state index contributed by atoms with van der Waals surface area (Å²) in [7, 11) is 1.72. The Morgan fingerprint density at radius 3 is 2.29 bits per heavy atom. The molecule has 0 aromatic heterocycles. The van der Waals surface area contributed by atoms with Crippen molar-refractivity contribution in [3.05, 3.63) is 70.7 Å². The number of hydrogen-bond acceptors (Lipinski definition) is 4. The molecule has 0 saturated carbocycles. The van der Waals surface area contributed by atoms with Crippen molar-refractivity contribution in [3.8, 4) is 0 Å². The molecule has 1 N–H and O–H groups in total. The number of ether oxygens (including phenoxy) is 1. The number of allylic oxidation sites excluding steroid dienone is 1. The molecule has 2 unspecified atom stereocenters. The molecular formula is C27H35NO2S. The van der Waals surface area contributed by atoms with Gasteiger partial charge in [-0.2, -0.15) is 0 Å². The molecule has 3 rings (SSSR count). The smallest absolute Gasteiger partial charge is 0.0910 e. The van der Waals surface area contributed by atoms with Crippen LogP contribution in [-0.2, 0) is 15.6 Å². The van der Waals surface area contributed by atoms with Crippen molar-refractivity contribution in [1.29, 1.82) is 0 Å². The summed E-state index contributed by atoms with van der Waals surface area (Å²) < 4.78 is 5.52. The second-order valence-electron chi connectivity index (χ2n) is 9.96. The first-order valence-electron chi connectivity index (χ1n) is 10.8. The molecule has 166 valence electrons. The SMILES string of the molecule is C=C(S)C1=NC(C)(C(=C)CO)C(C)(CCOC)c2c1cc(C(C)(C)C)c1ccccc21. The van der Waals surface area contributed by atoms with Crippen LogP contribution in [-0.4, -0.2) is 36.7 Å². The summed E-state index contributed by atoms with van der Waals surface area (Å²) in [6.45, 7) is 19.8. The number of rotatable bonds is 6. The van der Waals surface area contributed by atoms with Crippen LogP contribution in [0.25, 0.3) is 10.8 Å². The predicted octanol–water partition coefficient (Wildman–Crippen LogP) is 5.98. The number of thiol groups is 1. The summed E-state index contributed by atoms with van der Waals surface area (Å²) in [5, 5.41) is 12.5. The molecule has 1 heterocycles. The fourth-order valence-corrected chi connectivity index (χ4v) is 5.12. The quantitative estimate of drug-likeness (QED) is 0.431. The molecule has 31 heavy (non-hydrogen) atoms. The molecular weight excluding hydrogens is 402 g/mol. The van der Waals surface area contributed by atoms with E-state index in [1.165, 1.54) is 21.9 Å². The molecule has 0 saturated heterocycles. The van der Waals surface area contributed by atoms with E-state index < -0.39 is 11.0 Å². The van der Waals surface area contributed by atoms with Gasteiger partial charge in [0.25, 0.3) is 0 Å². The van der Waals surface area contributed by atoms with Crippen molar-refractivity contribution in [1.82, 2.24) is 0 Å². The standard InChI is InChI=1S/C27H35NO2S/c1-17(16-29)27(7)26(6,13-14-30-8)23-20-12-10-9-11-19(20)22(25(3,4)5)15-21(23)24(28-27)18(2)31/h9-12,15,29,31H,1-2,13-14,16H2,3-8H3. The van der Waals surface area contributed by atoms with Crippen LogP contribution < -0.4 is 0 Å². The van der Waals surface area contributed by atoms with Crippen LogP contribution in [0.4, 0.5) is 0 Å². The van der Waals surface area contributed by atoms with Gasteiger partial charge in [-0.1, -0.05) is 65.1 Å². The minimum Gasteiger partial charge on any atom is -0.392 e. The molecule has 2 atom stereocenters. The molecule has 1 aliphatic rings. The highest BCUT2D eigenvalue weighted by Gasteiger charge is 2.52. The Labute approximate surface area is 192 Å². The lowest BCUT2D eigenvalue weighted by Gasteiger charge is -2.50. The molecule has 0 amide bonds. The molecule has 1 aliphatic heterocycles. The van der Waals surface area contributed by atoms with Crippen molar-refractivity contribution >= 4 is 29.1 Å². The number of aliphatic hydroxyl groups excluding tert-OH is 1. The van der Waals surface area contributed by atoms with Crippen molar-refractivity contribution in [2.24, 2.45) is 4.99 Å². The van der Waals surface area contributed by atoms with E-state index in [-0.39, 0.29) is 12.0 Å². The minimum absolute atomic E-state index is 0.0456. The fourth-order valence-electron chi connectivity index (χ4n) is 4.95. The number of hydrogen-bond donors (Lipinski definition) is 2. The summed E-state index contributed by atoms with van der Waals surface area (Å²) in [5.41, 5.74) is 3.74. The van der Waals surface area contributed by atoms with Gasteiger partial charge < -0.3 is 9.84 Å². The number of methoxy groups -OCH3 is 1. The molecule has 3 nitrogen and oxygen atoms in total. The molecule has 0 aliphatic carbocycles. The van der Waals surface area contributed by atoms with Crippen LogP contribution in [0, 0.1) is 0 Å². The first-order chi connectivity index (χ1) is 14.4. The second-order valence-corrected chi connectivity index (χ2v) is 10.5. The van der Waals surface area contributed by atoms with Crippen LogP contribution in [0.1, 0.15) is 57.7 Å². The molecule has 0 fully saturated rings. The predicted molar refractivity (Wildman–Crippen MR) is 136 cm³/mol. The van der Waals surface area contributed by atoms with Gasteiger partial charge in [-0.15, -0.1) is 12.6 Å². The Morgan fingerprint density at radius 2 is 1.77 bits per heavy atom. The molecule has 0 spiro atoms. The number of nitrogens with zero attached hydrogens (tertiary/aromatic N) is 1. The Hall–Kier alpha value is -1.88. The average Bonchev–Trinajstić information content (AvgIpc) is 2.72. The van der Waals surface area contributed by atoms with Crippen LogP contribution >= 0.6 is 12.6 Å². The maximum atomic E-state index is 10.1. The highest BCUT2D eigenvalue weighted by molar-refractivity contribution is 7.85. The first-order valence-corrected chi connectivity index (χ1v) is 11.2. The fraction of sp³-hybridized carbons (Fsp3) is 0.444. The normalized spacial score (nSPS) is 23.4. The monoisotopic (exact) mass is 437 g/mol. The van der Waals surface area contributed by atoms with Gasteiger partial charge in [-0.3, -0.25) is 4.99 Å². The van der Waals surface area contributed by atoms with Crippen LogP contribution in [0.5, 0.6) is 0 Å². The molecule has 0 radical (unpaired) electrons. The maximum Gasteiger partial charge on any atom is 0.0910 e. The number of aliphatic imine (C=N–C) groups is 1. The summed E-state index contributed by atoms with van der Waals surface area (Å²) in [4.78, 5) is 5.80. The number of aliphatic hydroxyl groups is 1. The van der Waals surface area contributed by atoms with Crippen molar-refractivity contribution in [3.63, 3.8) is 0 Å². The van der Waals surface area contributed by atoms with Crippen LogP contribution in [0.3, 0.4) is 0 Å². The lowest BCUT2D eigenvalue weighted by Crippen LogP contribution is -2.52. The highest BCUT2D eigenvalue weighted by atomic mass is 32.1. The van der Waals surface area contributed by atoms with Gasteiger partial charge in [-0.25, -0.2) is 0 Å². The van der Waals surface area contributed by atoms with Crippen LogP contribution in [0.15, 0.2) is 59.0 Å². The van der Waals surface area contributed by atoms with Crippen LogP contribution in [0.2, 0.25) is 0 Å². The average molecular weight is 438 g/mol. The van der Waals surface area contributed by atoms with Gasteiger partial charge in [0.2, 0.25) is 0 Å². The van der Waals surface area contributed by atoms with E-state index in [1.54, 1.807) is 7.11 Å². The highest BCUT2D eigenvalue weighted by Crippen LogP contribution is 2.53. The maximum absolute atomic E-state index is 10.1. The molecule has 0 bridgehead atoms. The van der Waals surface area contributed by atoms with E-state index in [9.17, 15) is 5.11 Å². The van der Waals surface area contributed by atoms with E-state index in [2.05, 4.69) is 90.7 Å². The number of benzene rings is 2. The minimum atomic E-state index is -0.736. The van der Waals surface area contributed by atoms with Gasteiger partial charge in [0, 0.05) is 29.6 Å². The van der Waals surface area contributed by atoms with Crippen molar-refractivity contribution in [2.45, 2.75) is 57.4 Å². The van der Waals surface area contributed by atoms with Gasteiger partial charge in [-0.05, 0) is 52.3 Å². The van der Waals surface area contributed by atoms with Crippen molar-refractivity contribution < 1.29 is 9.84 Å². The third kappa shape index (κ3) is 3.69. The van der Waals surface area contributed by atoms with Gasteiger partial charge in [0.1, 0.15) is 0 Å². The Kier molecular flexibility index (Phi) is 6.31. The van der Waals surface area contributed by atoms with E-state index in [0.717, 1.165) is 17.7 Å². The van der Waals surface area contributed by atoms with E-state index in [1.807, 2.05) is 0 Å². The molecule has 2 aromatic rings. The summed E-state index contributed by atoms with van der Waals surface area (Å²) in [6, 6.07) is 10.8. The first kappa shape index (κ1) is 23.8. The van der Waals surface area contributed by atoms with E-state index in [0.29, 0.717) is 17.1 Å². The Bertz CT molecular complexity index is 1080. The summed E-state index contributed by atoms with van der Waals surface area (Å²) in [5.74, 6) is 0. The second kappa shape index (κ2) is 8.23. The lowest BCUT2D eigenvalue weighted by molar-refractivity contribution is 0.144. The third-order valence-electron chi connectivity index (χ3n) is 7.03. The molecule has 2 aromatic carbocycles. The zero-order valence-electron chi connectivity index (χ0n) is 19.7. The van der Waals surface area contributed by atoms with Crippen molar-refractivity contribution in [2.75, 3.05) is 20.3 Å². The zero-order chi connectivity index (χ0) is 23.2. The van der Waals surface area contributed by atoms with Gasteiger partial charge in [0.05, 0.1) is 17.9 Å².